The number of thiophene rings is 1. The lowest BCUT2D eigenvalue weighted by molar-refractivity contribution is 0.0701. The first kappa shape index (κ1) is 14.5. The molecule has 0 saturated carbocycles. The fraction of sp³-hybridized carbons (Fsp3) is 0.125. The van der Waals surface area contributed by atoms with Crippen LogP contribution >= 0.6 is 11.3 Å². The largest absolute Gasteiger partial charge is 0.477 e. The predicted octanol–water partition coefficient (Wildman–Crippen LogP) is 3.74. The number of nitrogens with zero attached hydrogens (tertiary/aromatic N) is 1. The van der Waals surface area contributed by atoms with E-state index in [0.29, 0.717) is 28.5 Å². The summed E-state index contributed by atoms with van der Waals surface area (Å²) < 4.78 is 13.2. The summed E-state index contributed by atoms with van der Waals surface area (Å²) in [4.78, 5) is 16.0. The Bertz CT molecular complexity index is 824. The van der Waals surface area contributed by atoms with Gasteiger partial charge in [0.05, 0.1) is 0 Å². The van der Waals surface area contributed by atoms with E-state index in [4.69, 9.17) is 0 Å². The number of halogens is 1. The summed E-state index contributed by atoms with van der Waals surface area (Å²) in [6.45, 7) is 5.69. The van der Waals surface area contributed by atoms with Crippen molar-refractivity contribution in [2.24, 2.45) is 4.99 Å². The van der Waals surface area contributed by atoms with Crippen molar-refractivity contribution in [2.75, 3.05) is 0 Å². The summed E-state index contributed by atoms with van der Waals surface area (Å²) >= 11 is 1.13. The molecule has 0 atom stereocenters. The van der Waals surface area contributed by atoms with E-state index in [2.05, 4.69) is 16.9 Å². The van der Waals surface area contributed by atoms with E-state index < -0.39 is 5.97 Å². The number of aliphatic imine (C=N–C) groups is 1. The summed E-state index contributed by atoms with van der Waals surface area (Å²) in [5, 5.41) is 12.9. The number of nitrogens with one attached hydrogen (secondary N) is 1. The Morgan fingerprint density at radius 3 is 2.95 bits per heavy atom. The molecular formula is C16H13FN2O2S. The Kier molecular flexibility index (Phi) is 3.54. The van der Waals surface area contributed by atoms with Gasteiger partial charge in [0.15, 0.2) is 0 Å². The second-order valence-electron chi connectivity index (χ2n) is 5.01. The maximum atomic E-state index is 13.2. The molecule has 22 heavy (non-hydrogen) atoms. The molecule has 0 unspecified atom stereocenters. The molecule has 1 aliphatic heterocycles. The van der Waals surface area contributed by atoms with E-state index in [-0.39, 0.29) is 10.7 Å². The first-order chi connectivity index (χ1) is 10.5. The molecule has 0 saturated heterocycles. The SMILES string of the molecule is C=C1NC(Cc2cccc(F)c2)=Nc2sc(C(=O)O)c(C)c21. The minimum Gasteiger partial charge on any atom is -0.477 e. The molecule has 112 valence electrons. The number of carboxylic acid groups (broad SMARTS) is 1. The first-order valence-corrected chi connectivity index (χ1v) is 7.42. The minimum atomic E-state index is -0.966. The third kappa shape index (κ3) is 2.53. The second-order valence-corrected chi connectivity index (χ2v) is 6.01. The van der Waals surface area contributed by atoms with Crippen LogP contribution < -0.4 is 5.32 Å². The number of amidine groups is 1. The van der Waals surface area contributed by atoms with Gasteiger partial charge in [-0.1, -0.05) is 18.7 Å². The van der Waals surface area contributed by atoms with Crippen molar-refractivity contribution in [3.8, 4) is 0 Å². The van der Waals surface area contributed by atoms with E-state index in [0.717, 1.165) is 22.5 Å². The number of carboxylic acids is 1. The Balaban J connectivity index is 1.97. The summed E-state index contributed by atoms with van der Waals surface area (Å²) in [5.74, 6) is -0.638. The van der Waals surface area contributed by atoms with Gasteiger partial charge in [0.25, 0.3) is 0 Å². The number of fused-ring (bicyclic) bond motifs is 1. The topological polar surface area (TPSA) is 61.7 Å². The summed E-state index contributed by atoms with van der Waals surface area (Å²) in [6, 6.07) is 6.29. The van der Waals surface area contributed by atoms with Gasteiger partial charge in [0.2, 0.25) is 0 Å². The van der Waals surface area contributed by atoms with E-state index in [9.17, 15) is 14.3 Å². The third-order valence-corrected chi connectivity index (χ3v) is 4.59. The fourth-order valence-electron chi connectivity index (χ4n) is 2.45. The molecule has 3 rings (SSSR count). The van der Waals surface area contributed by atoms with Gasteiger partial charge in [-0.25, -0.2) is 14.2 Å². The zero-order valence-electron chi connectivity index (χ0n) is 11.8. The van der Waals surface area contributed by atoms with E-state index >= 15 is 0 Å². The van der Waals surface area contributed by atoms with Gasteiger partial charge >= 0.3 is 5.97 Å². The normalized spacial score (nSPS) is 13.4. The van der Waals surface area contributed by atoms with Crippen LogP contribution in [-0.4, -0.2) is 16.9 Å². The lowest BCUT2D eigenvalue weighted by atomic mass is 10.1. The van der Waals surface area contributed by atoms with E-state index in [1.807, 2.05) is 6.07 Å². The number of benzene rings is 1. The predicted molar refractivity (Wildman–Crippen MR) is 85.4 cm³/mol. The molecule has 6 heteroatoms. The first-order valence-electron chi connectivity index (χ1n) is 6.60. The number of carbonyl (C=O) groups is 1. The van der Waals surface area contributed by atoms with Crippen LogP contribution in [-0.2, 0) is 6.42 Å². The van der Waals surface area contributed by atoms with Gasteiger partial charge in [0.1, 0.15) is 21.5 Å². The minimum absolute atomic E-state index is 0.267. The van der Waals surface area contributed by atoms with Crippen LogP contribution in [0.3, 0.4) is 0 Å². The van der Waals surface area contributed by atoms with Gasteiger partial charge in [-0.05, 0) is 30.2 Å². The third-order valence-electron chi connectivity index (χ3n) is 3.42. The zero-order chi connectivity index (χ0) is 15.9. The van der Waals surface area contributed by atoms with Crippen LogP contribution in [0.25, 0.3) is 5.70 Å². The Labute approximate surface area is 130 Å². The number of hydrogen-bond acceptors (Lipinski definition) is 4. The molecule has 1 aromatic carbocycles. The molecule has 0 amide bonds. The van der Waals surface area contributed by atoms with Crippen LogP contribution in [0.1, 0.15) is 26.4 Å². The average Bonchev–Trinajstić information content (AvgIpc) is 2.76. The highest BCUT2D eigenvalue weighted by Gasteiger charge is 2.25. The molecule has 1 aliphatic rings. The van der Waals surface area contributed by atoms with E-state index in [1.165, 1.54) is 12.1 Å². The Hall–Kier alpha value is -2.47. The zero-order valence-corrected chi connectivity index (χ0v) is 12.6. The van der Waals surface area contributed by atoms with Gasteiger partial charge in [-0.15, -0.1) is 11.3 Å². The highest BCUT2D eigenvalue weighted by atomic mass is 32.1. The summed E-state index contributed by atoms with van der Waals surface area (Å²) in [6.07, 6.45) is 0.426. The lowest BCUT2D eigenvalue weighted by Crippen LogP contribution is -2.26. The van der Waals surface area contributed by atoms with Gasteiger partial charge in [-0.3, -0.25) is 0 Å². The highest BCUT2D eigenvalue weighted by Crippen LogP contribution is 2.40. The van der Waals surface area contributed by atoms with Crippen molar-refractivity contribution in [1.29, 1.82) is 0 Å². The van der Waals surface area contributed by atoms with E-state index in [1.54, 1.807) is 13.0 Å². The van der Waals surface area contributed by atoms with Gasteiger partial charge < -0.3 is 10.4 Å². The van der Waals surface area contributed by atoms with Crippen molar-refractivity contribution in [2.45, 2.75) is 13.3 Å². The fourth-order valence-corrected chi connectivity index (χ4v) is 3.52. The summed E-state index contributed by atoms with van der Waals surface area (Å²) in [7, 11) is 0. The maximum absolute atomic E-state index is 13.2. The second kappa shape index (κ2) is 5.38. The molecule has 0 fully saturated rings. The van der Waals surface area contributed by atoms with Crippen molar-refractivity contribution in [1.82, 2.24) is 5.32 Å². The van der Waals surface area contributed by atoms with Crippen LogP contribution in [0.2, 0.25) is 0 Å². The van der Waals surface area contributed by atoms with Crippen molar-refractivity contribution >= 4 is 33.8 Å². The monoisotopic (exact) mass is 316 g/mol. The molecule has 0 bridgehead atoms. The molecule has 0 spiro atoms. The van der Waals surface area contributed by atoms with Crippen LogP contribution in [0.5, 0.6) is 0 Å². The highest BCUT2D eigenvalue weighted by molar-refractivity contribution is 7.18. The molecule has 4 nitrogen and oxygen atoms in total. The molecule has 0 radical (unpaired) electrons. The number of hydrogen-bond donors (Lipinski definition) is 2. The van der Waals surface area contributed by atoms with Crippen molar-refractivity contribution in [3.63, 3.8) is 0 Å². The quantitative estimate of drug-likeness (QED) is 0.907. The lowest BCUT2D eigenvalue weighted by Gasteiger charge is -2.18. The van der Waals surface area contributed by atoms with Gasteiger partial charge in [0, 0.05) is 17.7 Å². The number of aromatic carboxylic acids is 1. The van der Waals surface area contributed by atoms with Crippen molar-refractivity contribution < 1.29 is 14.3 Å². The standard InChI is InChI=1S/C16H13FN2O2S/c1-8-13-9(2)18-12(7-10-4-3-5-11(17)6-10)19-15(13)22-14(8)16(20)21/h3-6H,2,7H2,1H3,(H,18,19)(H,20,21). The Morgan fingerprint density at radius 2 is 2.27 bits per heavy atom. The molecular weight excluding hydrogens is 303 g/mol. The molecule has 2 aromatic rings. The molecule has 2 heterocycles. The van der Waals surface area contributed by atoms with Crippen LogP contribution in [0.4, 0.5) is 9.39 Å². The smallest absolute Gasteiger partial charge is 0.346 e. The summed E-state index contributed by atoms with van der Waals surface area (Å²) in [5.41, 5.74) is 2.82. The Morgan fingerprint density at radius 1 is 1.50 bits per heavy atom. The maximum Gasteiger partial charge on any atom is 0.346 e. The van der Waals surface area contributed by atoms with Crippen LogP contribution in [0, 0.1) is 12.7 Å². The van der Waals surface area contributed by atoms with Crippen molar-refractivity contribution in [3.05, 3.63) is 58.2 Å². The average molecular weight is 316 g/mol. The molecule has 0 aliphatic carbocycles. The molecule has 1 aromatic heterocycles. The van der Waals surface area contributed by atoms with Crippen LogP contribution in [0.15, 0.2) is 35.8 Å². The van der Waals surface area contributed by atoms with Gasteiger partial charge in [-0.2, -0.15) is 0 Å². The molecule has 2 N–H and O–H groups in total. The number of rotatable bonds is 3.